The number of carbonyl (C=O) groups is 2. The topological polar surface area (TPSA) is 71.1 Å². The van der Waals surface area contributed by atoms with Crippen molar-refractivity contribution in [2.75, 3.05) is 51.7 Å². The number of anilines is 2. The molecule has 0 heterocycles. The van der Waals surface area contributed by atoms with Gasteiger partial charge in [-0.25, -0.2) is 0 Å². The van der Waals surface area contributed by atoms with E-state index in [-0.39, 0.29) is 31.1 Å². The number of hydrogen-bond acceptors (Lipinski definition) is 5. The molecule has 0 aliphatic rings. The maximum atomic E-state index is 12.9. The highest BCUT2D eigenvalue weighted by Crippen LogP contribution is 2.28. The minimum atomic E-state index is -0.231. The molecule has 2 aromatic rings. The molecule has 0 fully saturated rings. The second-order valence-electron chi connectivity index (χ2n) is 7.26. The molecule has 0 saturated heterocycles. The van der Waals surface area contributed by atoms with Crippen molar-refractivity contribution in [3.8, 4) is 0 Å². The monoisotopic (exact) mass is 413 g/mol. The summed E-state index contributed by atoms with van der Waals surface area (Å²) in [4.78, 5) is 28.6. The van der Waals surface area contributed by atoms with E-state index in [4.69, 9.17) is 9.47 Å². The molecule has 1 atom stereocenters. The predicted molar refractivity (Wildman–Crippen MR) is 119 cm³/mol. The molecule has 162 valence electrons. The Hall–Kier alpha value is -2.90. The van der Waals surface area contributed by atoms with Crippen LogP contribution in [-0.4, -0.2) is 58.2 Å². The second kappa shape index (κ2) is 11.3. The zero-order valence-electron chi connectivity index (χ0n) is 18.3. The van der Waals surface area contributed by atoms with Crippen LogP contribution >= 0.6 is 0 Å². The molecule has 0 unspecified atom stereocenters. The Balaban J connectivity index is 2.38. The van der Waals surface area contributed by atoms with Crippen LogP contribution in [0.5, 0.6) is 0 Å². The van der Waals surface area contributed by atoms with Gasteiger partial charge in [0.1, 0.15) is 13.2 Å². The van der Waals surface area contributed by atoms with Crippen LogP contribution in [0.2, 0.25) is 0 Å². The minimum absolute atomic E-state index is 0.00125. The second-order valence-corrected chi connectivity index (χ2v) is 7.26. The predicted octanol–water partition coefficient (Wildman–Crippen LogP) is 3.07. The van der Waals surface area contributed by atoms with Gasteiger partial charge in [0.2, 0.25) is 11.8 Å². The Bertz CT molecular complexity index is 840. The minimum Gasteiger partial charge on any atom is -0.377 e. The molecule has 30 heavy (non-hydrogen) atoms. The van der Waals surface area contributed by atoms with Crippen LogP contribution in [0, 0.1) is 0 Å². The fraction of sp³-hybridized carbons (Fsp3) is 0.391. The first-order valence-corrected chi connectivity index (χ1v) is 9.79. The van der Waals surface area contributed by atoms with E-state index in [0.29, 0.717) is 12.2 Å². The van der Waals surface area contributed by atoms with Crippen molar-refractivity contribution in [3.05, 3.63) is 59.7 Å². The molecule has 1 N–H and O–H groups in total. The molecular weight excluding hydrogens is 382 g/mol. The molecule has 7 nitrogen and oxygen atoms in total. The summed E-state index contributed by atoms with van der Waals surface area (Å²) in [5, 5.41) is 2.83. The van der Waals surface area contributed by atoms with E-state index >= 15 is 0 Å². The Morgan fingerprint density at radius 2 is 1.67 bits per heavy atom. The van der Waals surface area contributed by atoms with Crippen molar-refractivity contribution >= 4 is 23.2 Å². The van der Waals surface area contributed by atoms with Gasteiger partial charge >= 0.3 is 0 Å². The maximum absolute atomic E-state index is 12.9. The fourth-order valence-corrected chi connectivity index (χ4v) is 3.30. The van der Waals surface area contributed by atoms with Gasteiger partial charge in [-0.15, -0.1) is 0 Å². The lowest BCUT2D eigenvalue weighted by molar-refractivity contribution is -0.138. The Morgan fingerprint density at radius 1 is 1.00 bits per heavy atom. The number of nitrogens with zero attached hydrogens (tertiary/aromatic N) is 2. The lowest BCUT2D eigenvalue weighted by Crippen LogP contribution is -2.36. The van der Waals surface area contributed by atoms with E-state index in [2.05, 4.69) is 5.32 Å². The van der Waals surface area contributed by atoms with Crippen molar-refractivity contribution in [2.45, 2.75) is 19.5 Å². The van der Waals surface area contributed by atoms with Crippen LogP contribution in [0.3, 0.4) is 0 Å². The van der Waals surface area contributed by atoms with E-state index in [1.165, 1.54) is 14.2 Å². The van der Waals surface area contributed by atoms with Gasteiger partial charge in [0, 0.05) is 46.2 Å². The fourth-order valence-electron chi connectivity index (χ4n) is 3.30. The smallest absolute Gasteiger partial charge is 0.250 e. The molecular formula is C23H31N3O4. The van der Waals surface area contributed by atoms with E-state index in [1.54, 1.807) is 4.90 Å². The van der Waals surface area contributed by atoms with E-state index in [0.717, 1.165) is 16.8 Å². The third-order valence-electron chi connectivity index (χ3n) is 4.80. The molecule has 7 heteroatoms. The third kappa shape index (κ3) is 6.30. The molecule has 0 spiro atoms. The summed E-state index contributed by atoms with van der Waals surface area (Å²) in [6, 6.07) is 15.4. The number of hydrogen-bond donors (Lipinski definition) is 1. The Morgan fingerprint density at radius 3 is 2.27 bits per heavy atom. The molecule has 2 aromatic carbocycles. The number of carbonyl (C=O) groups excluding carboxylic acids is 2. The van der Waals surface area contributed by atoms with E-state index < -0.39 is 0 Å². The highest BCUT2D eigenvalue weighted by molar-refractivity contribution is 5.92. The molecule has 2 rings (SSSR count). The lowest BCUT2D eigenvalue weighted by Gasteiger charge is -2.31. The van der Waals surface area contributed by atoms with Crippen molar-refractivity contribution in [3.63, 3.8) is 0 Å². The van der Waals surface area contributed by atoms with Gasteiger partial charge in [0.25, 0.3) is 0 Å². The molecule has 0 aromatic heterocycles. The van der Waals surface area contributed by atoms with Gasteiger partial charge in [0.05, 0.1) is 6.04 Å². The number of amides is 2. The van der Waals surface area contributed by atoms with Crippen molar-refractivity contribution < 1.29 is 19.1 Å². The molecule has 0 bridgehead atoms. The van der Waals surface area contributed by atoms with Crippen LogP contribution in [0.4, 0.5) is 11.4 Å². The highest BCUT2D eigenvalue weighted by Gasteiger charge is 2.23. The van der Waals surface area contributed by atoms with Gasteiger partial charge in [-0.05, 0) is 36.2 Å². The van der Waals surface area contributed by atoms with Crippen LogP contribution in [-0.2, 0) is 25.6 Å². The zero-order chi connectivity index (χ0) is 22.1. The Kier molecular flexibility index (Phi) is 8.83. The summed E-state index contributed by atoms with van der Waals surface area (Å²) >= 11 is 0. The average Bonchev–Trinajstić information content (AvgIpc) is 2.72. The van der Waals surface area contributed by atoms with Gasteiger partial charge in [0.15, 0.2) is 0 Å². The van der Waals surface area contributed by atoms with Crippen LogP contribution < -0.4 is 10.2 Å². The molecule has 0 saturated carbocycles. The van der Waals surface area contributed by atoms with Crippen molar-refractivity contribution in [1.29, 1.82) is 0 Å². The summed E-state index contributed by atoms with van der Waals surface area (Å²) < 4.78 is 10.0. The maximum Gasteiger partial charge on any atom is 0.250 e. The van der Waals surface area contributed by atoms with E-state index in [1.807, 2.05) is 74.4 Å². The highest BCUT2D eigenvalue weighted by atomic mass is 16.5. The van der Waals surface area contributed by atoms with Crippen LogP contribution in [0.15, 0.2) is 48.5 Å². The number of ether oxygens (including phenoxy) is 2. The number of benzene rings is 2. The quantitative estimate of drug-likeness (QED) is 0.648. The van der Waals surface area contributed by atoms with Gasteiger partial charge in [-0.2, -0.15) is 0 Å². The summed E-state index contributed by atoms with van der Waals surface area (Å²) in [6.07, 6.45) is 0. The van der Waals surface area contributed by atoms with E-state index in [9.17, 15) is 9.59 Å². The first-order valence-electron chi connectivity index (χ1n) is 9.79. The number of rotatable bonds is 10. The van der Waals surface area contributed by atoms with Gasteiger partial charge in [-0.3, -0.25) is 9.59 Å². The lowest BCUT2D eigenvalue weighted by atomic mass is 10.0. The standard InChI is InChI=1S/C23H31N3O4/c1-17(18-9-7-6-8-10-18)26(23(28)16-30-5)14-19-13-20(24-22(27)15-29-4)11-12-21(19)25(2)3/h6-13,17H,14-16H2,1-5H3,(H,24,27)/t17-/m1/s1. The molecule has 2 amide bonds. The normalized spacial score (nSPS) is 11.6. The summed E-state index contributed by atoms with van der Waals surface area (Å²) in [6.45, 7) is 2.36. The Labute approximate surface area is 178 Å². The van der Waals surface area contributed by atoms with Gasteiger partial charge in [-0.1, -0.05) is 30.3 Å². The summed E-state index contributed by atoms with van der Waals surface area (Å²) in [5.41, 5.74) is 3.58. The van der Waals surface area contributed by atoms with Gasteiger partial charge < -0.3 is 24.6 Å². The largest absolute Gasteiger partial charge is 0.377 e. The zero-order valence-corrected chi connectivity index (χ0v) is 18.3. The third-order valence-corrected chi connectivity index (χ3v) is 4.80. The van der Waals surface area contributed by atoms with Crippen molar-refractivity contribution in [1.82, 2.24) is 4.90 Å². The molecule has 0 radical (unpaired) electrons. The van der Waals surface area contributed by atoms with Crippen molar-refractivity contribution in [2.24, 2.45) is 0 Å². The SMILES string of the molecule is COCC(=O)Nc1ccc(N(C)C)c(CN(C(=O)COC)[C@H](C)c2ccccc2)c1. The number of methoxy groups -OCH3 is 2. The average molecular weight is 414 g/mol. The molecule has 0 aliphatic carbocycles. The summed E-state index contributed by atoms with van der Waals surface area (Å²) in [7, 11) is 6.89. The van der Waals surface area contributed by atoms with Crippen LogP contribution in [0.25, 0.3) is 0 Å². The number of nitrogens with one attached hydrogen (secondary N) is 1. The summed E-state index contributed by atoms with van der Waals surface area (Å²) in [5.74, 6) is -0.335. The van der Waals surface area contributed by atoms with Crippen LogP contribution in [0.1, 0.15) is 24.1 Å². The first kappa shape index (κ1) is 23.4. The molecule has 0 aliphatic heterocycles. The first-order chi connectivity index (χ1) is 14.4.